The minimum absolute atomic E-state index is 0.0473. The number of rotatable bonds is 5. The molecule has 106 valence electrons. The molecule has 0 aliphatic carbocycles. The predicted molar refractivity (Wildman–Crippen MR) is 84.7 cm³/mol. The Morgan fingerprint density at radius 3 is 2.65 bits per heavy atom. The lowest BCUT2D eigenvalue weighted by molar-refractivity contribution is 0.0922. The van der Waals surface area contributed by atoms with Crippen molar-refractivity contribution in [3.05, 3.63) is 50.1 Å². The van der Waals surface area contributed by atoms with Gasteiger partial charge in [0.15, 0.2) is 6.61 Å². The first-order valence-electron chi connectivity index (χ1n) is 6.18. The van der Waals surface area contributed by atoms with Crippen molar-refractivity contribution in [2.75, 3.05) is 6.61 Å². The van der Waals surface area contributed by atoms with Crippen LogP contribution in [0.2, 0.25) is 8.67 Å². The fourth-order valence-electron chi connectivity index (χ4n) is 1.72. The van der Waals surface area contributed by atoms with Gasteiger partial charge in [-0.05, 0) is 29.7 Å². The average molecular weight is 329 g/mol. The van der Waals surface area contributed by atoms with E-state index in [1.165, 1.54) is 16.9 Å². The van der Waals surface area contributed by atoms with E-state index in [0.717, 1.165) is 0 Å². The van der Waals surface area contributed by atoms with Crippen LogP contribution < -0.4 is 4.74 Å². The van der Waals surface area contributed by atoms with Gasteiger partial charge in [-0.25, -0.2) is 0 Å². The molecule has 1 heterocycles. The summed E-state index contributed by atoms with van der Waals surface area (Å²) in [5, 5.41) is 0. The molecular weight excluding hydrogens is 315 g/mol. The third-order valence-electron chi connectivity index (χ3n) is 2.85. The molecule has 0 amide bonds. The largest absolute Gasteiger partial charge is 0.485 e. The van der Waals surface area contributed by atoms with Crippen molar-refractivity contribution in [3.63, 3.8) is 0 Å². The highest BCUT2D eigenvalue weighted by atomic mass is 35.5. The van der Waals surface area contributed by atoms with Gasteiger partial charge < -0.3 is 4.74 Å². The van der Waals surface area contributed by atoms with Gasteiger partial charge in [0.25, 0.3) is 0 Å². The molecule has 0 saturated heterocycles. The zero-order valence-corrected chi connectivity index (χ0v) is 13.5. The van der Waals surface area contributed by atoms with Gasteiger partial charge in [0.1, 0.15) is 10.1 Å². The monoisotopic (exact) mass is 328 g/mol. The summed E-state index contributed by atoms with van der Waals surface area (Å²) >= 11 is 12.9. The van der Waals surface area contributed by atoms with Gasteiger partial charge in [-0.15, -0.1) is 11.3 Å². The minimum atomic E-state index is -0.173. The van der Waals surface area contributed by atoms with E-state index in [-0.39, 0.29) is 12.4 Å². The lowest BCUT2D eigenvalue weighted by Gasteiger charge is -2.09. The Hall–Kier alpha value is -1.03. The number of ketones is 1. The van der Waals surface area contributed by atoms with Crippen molar-refractivity contribution in [2.45, 2.75) is 19.8 Å². The van der Waals surface area contributed by atoms with Gasteiger partial charge in [0.05, 0.1) is 9.90 Å². The fraction of sp³-hybridized carbons (Fsp3) is 0.267. The van der Waals surface area contributed by atoms with Gasteiger partial charge in [-0.2, -0.15) is 0 Å². The third kappa shape index (κ3) is 3.75. The highest BCUT2D eigenvalue weighted by Crippen LogP contribution is 2.31. The molecule has 0 aliphatic heterocycles. The number of ether oxygens (including phenoxy) is 1. The Kier molecular flexibility index (Phi) is 5.08. The summed E-state index contributed by atoms with van der Waals surface area (Å²) in [4.78, 5) is 12.0. The van der Waals surface area contributed by atoms with Gasteiger partial charge in [0.2, 0.25) is 5.78 Å². The second-order valence-electron chi connectivity index (χ2n) is 4.68. The van der Waals surface area contributed by atoms with Gasteiger partial charge in [0, 0.05) is 0 Å². The molecule has 2 nitrogen and oxygen atoms in total. The molecule has 5 heteroatoms. The van der Waals surface area contributed by atoms with Crippen LogP contribution in [0.1, 0.15) is 35.7 Å². The van der Waals surface area contributed by atoms with Crippen molar-refractivity contribution in [3.8, 4) is 5.75 Å². The lowest BCUT2D eigenvalue weighted by atomic mass is 10.0. The van der Waals surface area contributed by atoms with Gasteiger partial charge >= 0.3 is 0 Å². The Balaban J connectivity index is 2.03. The molecule has 0 N–H and O–H groups in total. The summed E-state index contributed by atoms with van der Waals surface area (Å²) < 4.78 is 6.43. The Morgan fingerprint density at radius 1 is 1.30 bits per heavy atom. The van der Waals surface area contributed by atoms with E-state index in [4.69, 9.17) is 27.9 Å². The van der Waals surface area contributed by atoms with Crippen molar-refractivity contribution >= 4 is 40.3 Å². The number of benzene rings is 1. The van der Waals surface area contributed by atoms with Crippen LogP contribution in [0.5, 0.6) is 5.75 Å². The molecular formula is C15H14Cl2O2S. The van der Waals surface area contributed by atoms with E-state index in [0.29, 0.717) is 25.9 Å². The van der Waals surface area contributed by atoms with Crippen molar-refractivity contribution in [2.24, 2.45) is 0 Å². The maximum atomic E-state index is 12.0. The van der Waals surface area contributed by atoms with Gasteiger partial charge in [-0.1, -0.05) is 49.2 Å². The summed E-state index contributed by atoms with van der Waals surface area (Å²) in [7, 11) is 0. The first kappa shape index (κ1) is 15.4. The molecule has 0 aliphatic rings. The molecule has 1 aromatic carbocycles. The lowest BCUT2D eigenvalue weighted by Crippen LogP contribution is -2.11. The molecule has 20 heavy (non-hydrogen) atoms. The molecule has 2 aromatic rings. The van der Waals surface area contributed by atoms with Crippen LogP contribution in [0.25, 0.3) is 0 Å². The van der Waals surface area contributed by atoms with Crippen LogP contribution in [-0.4, -0.2) is 12.4 Å². The van der Waals surface area contributed by atoms with Crippen LogP contribution in [0, 0.1) is 0 Å². The smallest absolute Gasteiger partial charge is 0.202 e. The maximum absolute atomic E-state index is 12.0. The second-order valence-corrected chi connectivity index (χ2v) is 6.96. The van der Waals surface area contributed by atoms with E-state index in [1.807, 2.05) is 24.3 Å². The first-order valence-corrected chi connectivity index (χ1v) is 7.75. The highest BCUT2D eigenvalue weighted by molar-refractivity contribution is 7.20. The van der Waals surface area contributed by atoms with E-state index in [1.54, 1.807) is 6.07 Å². The summed E-state index contributed by atoms with van der Waals surface area (Å²) in [6, 6.07) is 9.31. The SMILES string of the molecule is CC(C)c1cccc(OCC(=O)c2cc(Cl)sc2Cl)c1. The fourth-order valence-corrected chi connectivity index (χ4v) is 3.22. The topological polar surface area (TPSA) is 26.3 Å². The Labute approximate surface area is 132 Å². The number of carbonyl (C=O) groups excluding carboxylic acids is 1. The summed E-state index contributed by atoms with van der Waals surface area (Å²) in [6.07, 6.45) is 0. The van der Waals surface area contributed by atoms with E-state index < -0.39 is 0 Å². The minimum Gasteiger partial charge on any atom is -0.485 e. The highest BCUT2D eigenvalue weighted by Gasteiger charge is 2.15. The third-order valence-corrected chi connectivity index (χ3v) is 4.34. The van der Waals surface area contributed by atoms with Crippen LogP contribution in [0.15, 0.2) is 30.3 Å². The zero-order valence-electron chi connectivity index (χ0n) is 11.2. The zero-order chi connectivity index (χ0) is 14.7. The number of Topliss-reactive ketones (excluding diaryl/α,β-unsaturated/α-hetero) is 1. The molecule has 0 atom stereocenters. The van der Waals surface area contributed by atoms with E-state index >= 15 is 0 Å². The number of thiophene rings is 1. The average Bonchev–Trinajstić information content (AvgIpc) is 2.75. The van der Waals surface area contributed by atoms with Crippen LogP contribution >= 0.6 is 34.5 Å². The van der Waals surface area contributed by atoms with Crippen LogP contribution in [0.3, 0.4) is 0 Å². The normalized spacial score (nSPS) is 10.8. The summed E-state index contributed by atoms with van der Waals surface area (Å²) in [6.45, 7) is 4.17. The molecule has 0 saturated carbocycles. The van der Waals surface area contributed by atoms with Crippen LogP contribution in [-0.2, 0) is 0 Å². The predicted octanol–water partition coefficient (Wildman–Crippen LogP) is 5.44. The Morgan fingerprint density at radius 2 is 2.05 bits per heavy atom. The number of hydrogen-bond acceptors (Lipinski definition) is 3. The first-order chi connectivity index (χ1) is 9.47. The molecule has 2 rings (SSSR count). The second kappa shape index (κ2) is 6.61. The van der Waals surface area contributed by atoms with E-state index in [9.17, 15) is 4.79 Å². The van der Waals surface area contributed by atoms with Crippen LogP contribution in [0.4, 0.5) is 0 Å². The number of hydrogen-bond donors (Lipinski definition) is 0. The standard InChI is InChI=1S/C15H14Cl2O2S/c1-9(2)10-4-3-5-11(6-10)19-8-13(18)12-7-14(16)20-15(12)17/h3-7,9H,8H2,1-2H3. The molecule has 0 bridgehead atoms. The number of halogens is 2. The van der Waals surface area contributed by atoms with Gasteiger partial charge in [-0.3, -0.25) is 4.79 Å². The summed E-state index contributed by atoms with van der Waals surface area (Å²) in [5.74, 6) is 0.925. The maximum Gasteiger partial charge on any atom is 0.202 e. The van der Waals surface area contributed by atoms with E-state index in [2.05, 4.69) is 13.8 Å². The quantitative estimate of drug-likeness (QED) is 0.683. The molecule has 0 radical (unpaired) electrons. The summed E-state index contributed by atoms with van der Waals surface area (Å²) in [5.41, 5.74) is 1.59. The Bertz CT molecular complexity index is 620. The van der Waals surface area contributed by atoms with Crippen molar-refractivity contribution in [1.82, 2.24) is 0 Å². The van der Waals surface area contributed by atoms with Crippen molar-refractivity contribution in [1.29, 1.82) is 0 Å². The van der Waals surface area contributed by atoms with Crippen molar-refractivity contribution < 1.29 is 9.53 Å². The molecule has 0 spiro atoms. The molecule has 1 aromatic heterocycles. The number of carbonyl (C=O) groups is 1. The molecule has 0 unspecified atom stereocenters. The molecule has 0 fully saturated rings.